The molecule has 0 radical (unpaired) electrons. The summed E-state index contributed by atoms with van der Waals surface area (Å²) >= 11 is 0. The van der Waals surface area contributed by atoms with E-state index in [0.717, 1.165) is 37.1 Å². The zero-order valence-corrected chi connectivity index (χ0v) is 15.1. The van der Waals surface area contributed by atoms with Gasteiger partial charge in [0, 0.05) is 6.07 Å². The van der Waals surface area contributed by atoms with Crippen LogP contribution in [0.2, 0.25) is 0 Å². The van der Waals surface area contributed by atoms with Crippen LogP contribution in [0.3, 0.4) is 0 Å². The molecule has 1 amide bonds. The van der Waals surface area contributed by atoms with Crippen molar-refractivity contribution in [3.8, 4) is 5.75 Å². The molecule has 0 saturated heterocycles. The number of aromatic nitrogens is 1. The van der Waals surface area contributed by atoms with Gasteiger partial charge in [0.25, 0.3) is 5.91 Å². The highest BCUT2D eigenvalue weighted by atomic mass is 16.5. The summed E-state index contributed by atoms with van der Waals surface area (Å²) in [5.41, 5.74) is 3.24. The summed E-state index contributed by atoms with van der Waals surface area (Å²) in [5, 5.41) is 6.90. The lowest BCUT2D eigenvalue weighted by Gasteiger charge is -2.26. The summed E-state index contributed by atoms with van der Waals surface area (Å²) in [7, 11) is 0. The number of carbonyl (C=O) groups excluding carboxylic acids is 1. The normalized spacial score (nSPS) is 15.6. The van der Waals surface area contributed by atoms with E-state index in [4.69, 9.17) is 9.26 Å². The van der Waals surface area contributed by atoms with E-state index in [-0.39, 0.29) is 17.8 Å². The number of hydrogen-bond donors (Lipinski definition) is 1. The number of fused-ring (bicyclic) bond motifs is 1. The largest absolute Gasteiger partial charge is 0.488 e. The summed E-state index contributed by atoms with van der Waals surface area (Å²) in [4.78, 5) is 12.3. The van der Waals surface area contributed by atoms with Crippen LogP contribution in [-0.4, -0.2) is 23.7 Å². The predicted molar refractivity (Wildman–Crippen MR) is 102 cm³/mol. The Morgan fingerprint density at radius 1 is 1.07 bits per heavy atom. The molecular weight excluding hydrogens is 340 g/mol. The molecule has 5 nitrogen and oxygen atoms in total. The zero-order chi connectivity index (χ0) is 18.5. The Morgan fingerprint density at radius 2 is 1.89 bits per heavy atom. The molecule has 0 aliphatic carbocycles. The van der Waals surface area contributed by atoms with Gasteiger partial charge >= 0.3 is 0 Å². The van der Waals surface area contributed by atoms with Crippen molar-refractivity contribution in [2.75, 3.05) is 6.54 Å². The molecule has 2 aromatic carbocycles. The van der Waals surface area contributed by atoms with Crippen LogP contribution < -0.4 is 10.1 Å². The molecule has 0 saturated carbocycles. The van der Waals surface area contributed by atoms with E-state index in [1.54, 1.807) is 6.07 Å². The van der Waals surface area contributed by atoms with Crippen molar-refractivity contribution in [3.05, 3.63) is 83.2 Å². The van der Waals surface area contributed by atoms with Crippen LogP contribution in [0, 0.1) is 0 Å². The van der Waals surface area contributed by atoms with Crippen molar-refractivity contribution in [3.63, 3.8) is 0 Å². The molecular formula is C22H22N2O3. The Balaban J connectivity index is 1.27. The van der Waals surface area contributed by atoms with Crippen molar-refractivity contribution < 1.29 is 14.1 Å². The number of rotatable bonds is 6. The van der Waals surface area contributed by atoms with Gasteiger partial charge in [0.2, 0.25) is 5.76 Å². The molecule has 138 valence electrons. The summed E-state index contributed by atoms with van der Waals surface area (Å²) in [5.74, 6) is 0.899. The van der Waals surface area contributed by atoms with Crippen LogP contribution in [0.25, 0.3) is 0 Å². The van der Waals surface area contributed by atoms with Gasteiger partial charge < -0.3 is 14.6 Å². The highest BCUT2D eigenvalue weighted by molar-refractivity contribution is 5.91. The smallest absolute Gasteiger partial charge is 0.290 e. The lowest BCUT2D eigenvalue weighted by Crippen LogP contribution is -2.37. The second-order valence-corrected chi connectivity index (χ2v) is 6.76. The Morgan fingerprint density at radius 3 is 2.78 bits per heavy atom. The van der Waals surface area contributed by atoms with E-state index >= 15 is 0 Å². The molecule has 1 aromatic heterocycles. The summed E-state index contributed by atoms with van der Waals surface area (Å²) < 4.78 is 11.2. The maximum Gasteiger partial charge on any atom is 0.290 e. The van der Waals surface area contributed by atoms with Crippen LogP contribution in [0.4, 0.5) is 0 Å². The summed E-state index contributed by atoms with van der Waals surface area (Å²) in [6.07, 6.45) is 3.43. The lowest BCUT2D eigenvalue weighted by atomic mass is 10.0. The van der Waals surface area contributed by atoms with E-state index < -0.39 is 0 Å². The standard InChI is InChI=1S/C22H22N2O3/c25-22(23-15-19-13-11-17-8-4-5-9-20(17)26-19)21-14-18(24-27-21)12-10-16-6-2-1-3-7-16/h1-9,14,19H,10-13,15H2,(H,23,25)/t19-/m1/s1. The minimum atomic E-state index is -0.254. The van der Waals surface area contributed by atoms with Crippen molar-refractivity contribution in [1.82, 2.24) is 10.5 Å². The fraction of sp³-hybridized carbons (Fsp3) is 0.273. The lowest BCUT2D eigenvalue weighted by molar-refractivity contribution is 0.0882. The number of para-hydroxylation sites is 1. The Hall–Kier alpha value is -3.08. The fourth-order valence-corrected chi connectivity index (χ4v) is 3.27. The minimum Gasteiger partial charge on any atom is -0.488 e. The molecule has 0 fully saturated rings. The van der Waals surface area contributed by atoms with Gasteiger partial charge in [-0.2, -0.15) is 0 Å². The molecule has 0 unspecified atom stereocenters. The van der Waals surface area contributed by atoms with Gasteiger partial charge in [0.15, 0.2) is 0 Å². The van der Waals surface area contributed by atoms with Gasteiger partial charge in [-0.3, -0.25) is 4.79 Å². The number of hydrogen-bond acceptors (Lipinski definition) is 4. The average Bonchev–Trinajstić information content (AvgIpc) is 3.20. The number of aryl methyl sites for hydroxylation is 3. The first-order valence-corrected chi connectivity index (χ1v) is 9.30. The van der Waals surface area contributed by atoms with Crippen LogP contribution in [0.5, 0.6) is 5.75 Å². The Kier molecular flexibility index (Phi) is 5.19. The molecule has 4 rings (SSSR count). The molecule has 2 heterocycles. The van der Waals surface area contributed by atoms with Gasteiger partial charge in [-0.1, -0.05) is 53.7 Å². The second-order valence-electron chi connectivity index (χ2n) is 6.76. The minimum absolute atomic E-state index is 0.0238. The summed E-state index contributed by atoms with van der Waals surface area (Å²) in [6, 6.07) is 19.9. The monoisotopic (exact) mass is 362 g/mol. The molecule has 1 aliphatic heterocycles. The molecule has 0 spiro atoms. The van der Waals surface area contributed by atoms with Crippen LogP contribution in [0.15, 0.2) is 65.2 Å². The Labute approximate surface area is 158 Å². The third-order valence-corrected chi connectivity index (χ3v) is 4.79. The maximum absolute atomic E-state index is 12.3. The molecule has 27 heavy (non-hydrogen) atoms. The van der Waals surface area contributed by atoms with Crippen molar-refractivity contribution >= 4 is 5.91 Å². The van der Waals surface area contributed by atoms with Crippen molar-refractivity contribution in [2.45, 2.75) is 31.8 Å². The molecule has 1 atom stereocenters. The topological polar surface area (TPSA) is 64.4 Å². The number of ether oxygens (including phenoxy) is 1. The number of carbonyl (C=O) groups is 1. The molecule has 0 bridgehead atoms. The zero-order valence-electron chi connectivity index (χ0n) is 15.1. The fourth-order valence-electron chi connectivity index (χ4n) is 3.27. The predicted octanol–water partition coefficient (Wildman–Crippen LogP) is 3.58. The van der Waals surface area contributed by atoms with E-state index in [0.29, 0.717) is 6.54 Å². The van der Waals surface area contributed by atoms with Gasteiger partial charge in [0.05, 0.1) is 12.2 Å². The van der Waals surface area contributed by atoms with Crippen LogP contribution >= 0.6 is 0 Å². The molecule has 3 aromatic rings. The molecule has 5 heteroatoms. The van der Waals surface area contributed by atoms with Gasteiger partial charge in [0.1, 0.15) is 11.9 Å². The van der Waals surface area contributed by atoms with E-state index in [2.05, 4.69) is 28.7 Å². The number of nitrogens with zero attached hydrogens (tertiary/aromatic N) is 1. The van der Waals surface area contributed by atoms with Crippen LogP contribution in [-0.2, 0) is 19.3 Å². The highest BCUT2D eigenvalue weighted by Gasteiger charge is 2.21. The number of amides is 1. The summed E-state index contributed by atoms with van der Waals surface area (Å²) in [6.45, 7) is 0.452. The average molecular weight is 362 g/mol. The van der Waals surface area contributed by atoms with E-state index in [1.165, 1.54) is 11.1 Å². The van der Waals surface area contributed by atoms with Crippen LogP contribution in [0.1, 0.15) is 33.8 Å². The quantitative estimate of drug-likeness (QED) is 0.728. The Bertz CT molecular complexity index is 905. The third kappa shape index (κ3) is 4.37. The van der Waals surface area contributed by atoms with Gasteiger partial charge in [-0.05, 0) is 42.9 Å². The van der Waals surface area contributed by atoms with Gasteiger partial charge in [-0.15, -0.1) is 0 Å². The number of nitrogens with one attached hydrogen (secondary N) is 1. The molecule has 1 aliphatic rings. The van der Waals surface area contributed by atoms with Gasteiger partial charge in [-0.25, -0.2) is 0 Å². The van der Waals surface area contributed by atoms with Crippen molar-refractivity contribution in [2.24, 2.45) is 0 Å². The first-order chi connectivity index (χ1) is 13.3. The van der Waals surface area contributed by atoms with E-state index in [9.17, 15) is 4.79 Å². The maximum atomic E-state index is 12.3. The highest BCUT2D eigenvalue weighted by Crippen LogP contribution is 2.26. The third-order valence-electron chi connectivity index (χ3n) is 4.79. The first kappa shape index (κ1) is 17.3. The molecule has 1 N–H and O–H groups in total. The van der Waals surface area contributed by atoms with E-state index in [1.807, 2.05) is 36.4 Å². The first-order valence-electron chi connectivity index (χ1n) is 9.30. The van der Waals surface area contributed by atoms with Crippen molar-refractivity contribution in [1.29, 1.82) is 0 Å². The SMILES string of the molecule is O=C(NC[C@H]1CCc2ccccc2O1)c1cc(CCc2ccccc2)no1. The second kappa shape index (κ2) is 8.08. The number of benzene rings is 2.